The van der Waals surface area contributed by atoms with E-state index in [9.17, 15) is 32.3 Å². The molecule has 0 spiro atoms. The van der Waals surface area contributed by atoms with Crippen molar-refractivity contribution in [2.45, 2.75) is 43.9 Å². The minimum Gasteiger partial charge on any atom is -0.380 e. The molecule has 2 aromatic rings. The summed E-state index contributed by atoms with van der Waals surface area (Å²) in [4.78, 5) is 28.7. The van der Waals surface area contributed by atoms with Gasteiger partial charge in [-0.3, -0.25) is 14.5 Å². The number of anilines is 1. The maximum atomic E-state index is 13.6. The SMILES string of the molecule is C[C@@](O)(C(=O)N1CCC(N2CC(Nc3ccc(C(=O)NCC(F)F)c(Cl)c3)C2)CC1)c1cc(F)cc(F)c1. The van der Waals surface area contributed by atoms with E-state index >= 15 is 0 Å². The highest BCUT2D eigenvalue weighted by Crippen LogP contribution is 2.29. The van der Waals surface area contributed by atoms with Gasteiger partial charge in [0.2, 0.25) is 0 Å². The van der Waals surface area contributed by atoms with Gasteiger partial charge >= 0.3 is 0 Å². The van der Waals surface area contributed by atoms with Crippen LogP contribution >= 0.6 is 11.6 Å². The summed E-state index contributed by atoms with van der Waals surface area (Å²) in [6, 6.07) is 7.75. The van der Waals surface area contributed by atoms with E-state index in [1.165, 1.54) is 17.9 Å². The quantitative estimate of drug-likeness (QED) is 0.433. The van der Waals surface area contributed by atoms with Crippen LogP contribution in [0.3, 0.4) is 0 Å². The third-order valence-electron chi connectivity index (χ3n) is 7.02. The van der Waals surface area contributed by atoms with Gasteiger partial charge in [0.1, 0.15) is 11.6 Å². The van der Waals surface area contributed by atoms with Crippen LogP contribution in [-0.4, -0.2) is 78.0 Å². The van der Waals surface area contributed by atoms with E-state index in [2.05, 4.69) is 15.5 Å². The number of nitrogens with one attached hydrogen (secondary N) is 2. The molecular formula is C26H29ClF4N4O3. The second kappa shape index (κ2) is 11.5. The van der Waals surface area contributed by atoms with Gasteiger partial charge in [0.15, 0.2) is 5.60 Å². The number of hydrogen-bond donors (Lipinski definition) is 3. The smallest absolute Gasteiger partial charge is 0.258 e. The minimum atomic E-state index is -2.64. The Balaban J connectivity index is 1.24. The summed E-state index contributed by atoms with van der Waals surface area (Å²) >= 11 is 6.17. The van der Waals surface area contributed by atoms with Gasteiger partial charge in [-0.1, -0.05) is 11.6 Å². The summed E-state index contributed by atoms with van der Waals surface area (Å²) in [6.45, 7) is 2.84. The fourth-order valence-corrected chi connectivity index (χ4v) is 5.16. The Bertz CT molecular complexity index is 1160. The number of benzene rings is 2. The van der Waals surface area contributed by atoms with Gasteiger partial charge in [-0.25, -0.2) is 17.6 Å². The zero-order valence-electron chi connectivity index (χ0n) is 20.7. The number of hydrogen-bond acceptors (Lipinski definition) is 5. The third-order valence-corrected chi connectivity index (χ3v) is 7.33. The fraction of sp³-hybridized carbons (Fsp3) is 0.462. The summed E-state index contributed by atoms with van der Waals surface area (Å²) in [5, 5.41) is 16.4. The second-order valence-corrected chi connectivity index (χ2v) is 10.3. The molecule has 206 valence electrons. The Hall–Kier alpha value is -2.89. The molecule has 4 rings (SSSR count). The highest BCUT2D eigenvalue weighted by molar-refractivity contribution is 6.34. The van der Waals surface area contributed by atoms with Gasteiger partial charge in [0.25, 0.3) is 18.2 Å². The van der Waals surface area contributed by atoms with Crippen molar-refractivity contribution in [1.82, 2.24) is 15.1 Å². The normalized spacial score (nSPS) is 18.7. The van der Waals surface area contributed by atoms with Gasteiger partial charge in [0, 0.05) is 44.0 Å². The number of likely N-dealkylation sites (tertiary alicyclic amines) is 2. The van der Waals surface area contributed by atoms with Crippen LogP contribution in [0.2, 0.25) is 5.02 Å². The molecule has 2 aliphatic heterocycles. The summed E-state index contributed by atoms with van der Waals surface area (Å²) in [6.07, 6.45) is -1.25. The van der Waals surface area contributed by atoms with Gasteiger partial charge < -0.3 is 20.6 Å². The van der Waals surface area contributed by atoms with Crippen molar-refractivity contribution in [2.75, 3.05) is 38.0 Å². The molecule has 2 fully saturated rings. The van der Waals surface area contributed by atoms with Crippen molar-refractivity contribution in [3.05, 3.63) is 64.2 Å². The molecule has 0 bridgehead atoms. The third kappa shape index (κ3) is 6.39. The van der Waals surface area contributed by atoms with E-state index in [1.54, 1.807) is 12.1 Å². The number of amides is 2. The first kappa shape index (κ1) is 28.1. The van der Waals surface area contributed by atoms with Crippen LogP contribution in [0.5, 0.6) is 0 Å². The molecule has 12 heteroatoms. The number of alkyl halides is 2. The molecule has 3 N–H and O–H groups in total. The number of carbonyl (C=O) groups is 2. The summed E-state index contributed by atoms with van der Waals surface area (Å²) in [5.41, 5.74) is -1.33. The van der Waals surface area contributed by atoms with Gasteiger partial charge in [0.05, 0.1) is 23.2 Å². The van der Waals surface area contributed by atoms with Crippen LogP contribution in [0.1, 0.15) is 35.7 Å². The summed E-state index contributed by atoms with van der Waals surface area (Å²) in [5.74, 6) is -2.97. The van der Waals surface area contributed by atoms with E-state index in [0.717, 1.165) is 25.2 Å². The molecule has 2 aromatic carbocycles. The van der Waals surface area contributed by atoms with Crippen LogP contribution in [-0.2, 0) is 10.4 Å². The average molecular weight is 557 g/mol. The first-order valence-electron chi connectivity index (χ1n) is 12.3. The molecule has 2 saturated heterocycles. The molecule has 0 aliphatic carbocycles. The first-order valence-corrected chi connectivity index (χ1v) is 12.7. The summed E-state index contributed by atoms with van der Waals surface area (Å²) < 4.78 is 51.8. The fourth-order valence-electron chi connectivity index (χ4n) is 4.89. The minimum absolute atomic E-state index is 0.121. The van der Waals surface area contributed by atoms with Crippen molar-refractivity contribution in [3.63, 3.8) is 0 Å². The lowest BCUT2D eigenvalue weighted by molar-refractivity contribution is -0.152. The number of rotatable bonds is 8. The number of carbonyl (C=O) groups excluding carboxylic acids is 2. The molecule has 1 atom stereocenters. The van der Waals surface area contributed by atoms with E-state index in [0.29, 0.717) is 37.7 Å². The zero-order chi connectivity index (χ0) is 27.6. The van der Waals surface area contributed by atoms with Gasteiger partial charge in [-0.2, -0.15) is 0 Å². The predicted molar refractivity (Wildman–Crippen MR) is 134 cm³/mol. The molecule has 7 nitrogen and oxygen atoms in total. The second-order valence-electron chi connectivity index (χ2n) is 9.84. The summed E-state index contributed by atoms with van der Waals surface area (Å²) in [7, 11) is 0. The van der Waals surface area contributed by atoms with E-state index in [-0.39, 0.29) is 28.2 Å². The van der Waals surface area contributed by atoms with Crippen molar-refractivity contribution in [3.8, 4) is 0 Å². The van der Waals surface area contributed by atoms with E-state index < -0.39 is 42.0 Å². The topological polar surface area (TPSA) is 84.9 Å². The molecule has 2 aliphatic rings. The molecule has 0 unspecified atom stereocenters. The van der Waals surface area contributed by atoms with Crippen molar-refractivity contribution in [1.29, 1.82) is 0 Å². The highest BCUT2D eigenvalue weighted by atomic mass is 35.5. The Morgan fingerprint density at radius 3 is 2.32 bits per heavy atom. The lowest BCUT2D eigenvalue weighted by Crippen LogP contribution is -2.61. The van der Waals surface area contributed by atoms with Crippen molar-refractivity contribution < 1.29 is 32.3 Å². The van der Waals surface area contributed by atoms with E-state index in [4.69, 9.17) is 11.6 Å². The zero-order valence-corrected chi connectivity index (χ0v) is 21.4. The first-order chi connectivity index (χ1) is 17.9. The Labute approximate surface area is 222 Å². The molecule has 0 aromatic heterocycles. The Morgan fingerprint density at radius 1 is 1.11 bits per heavy atom. The molecule has 0 radical (unpaired) electrons. The molecule has 0 saturated carbocycles. The highest BCUT2D eigenvalue weighted by Gasteiger charge is 2.40. The molecular weight excluding hydrogens is 528 g/mol. The maximum Gasteiger partial charge on any atom is 0.258 e. The Kier molecular flexibility index (Phi) is 8.49. The largest absolute Gasteiger partial charge is 0.380 e. The lowest BCUT2D eigenvalue weighted by atomic mass is 9.91. The van der Waals surface area contributed by atoms with Crippen molar-refractivity contribution in [2.24, 2.45) is 0 Å². The maximum absolute atomic E-state index is 13.6. The Morgan fingerprint density at radius 2 is 1.74 bits per heavy atom. The molecule has 2 heterocycles. The molecule has 2 amide bonds. The predicted octanol–water partition coefficient (Wildman–Crippen LogP) is 3.61. The number of piperidine rings is 1. The van der Waals surface area contributed by atoms with Gasteiger partial charge in [-0.05, 0) is 55.7 Å². The number of nitrogens with zero attached hydrogens (tertiary/aromatic N) is 2. The monoisotopic (exact) mass is 556 g/mol. The van der Waals surface area contributed by atoms with Crippen LogP contribution in [0.4, 0.5) is 23.2 Å². The van der Waals surface area contributed by atoms with Crippen molar-refractivity contribution >= 4 is 29.1 Å². The van der Waals surface area contributed by atoms with Crippen LogP contribution in [0.25, 0.3) is 0 Å². The standard InChI is InChI=1S/C26H29ClF4N4O3/c1-26(38,15-8-16(28)10-17(29)9-15)25(37)34-6-4-20(5-7-34)35-13-19(14-35)33-18-2-3-21(22(27)11-18)24(36)32-12-23(30)31/h2-3,8-11,19-20,23,33,38H,4-7,12-14H2,1H3,(H,32,36)/t26-/m0/s1. The van der Waals surface area contributed by atoms with Crippen LogP contribution < -0.4 is 10.6 Å². The van der Waals surface area contributed by atoms with Crippen LogP contribution in [0, 0.1) is 11.6 Å². The van der Waals surface area contributed by atoms with Gasteiger partial charge in [-0.15, -0.1) is 0 Å². The number of halogens is 5. The average Bonchev–Trinajstić information content (AvgIpc) is 2.83. The lowest BCUT2D eigenvalue weighted by Gasteiger charge is -2.48. The molecule has 38 heavy (non-hydrogen) atoms. The van der Waals surface area contributed by atoms with E-state index in [1.807, 2.05) is 0 Å². The van der Waals surface area contributed by atoms with Crippen LogP contribution in [0.15, 0.2) is 36.4 Å². The number of aliphatic hydroxyl groups is 1.